The van der Waals surface area contributed by atoms with Gasteiger partial charge in [0.2, 0.25) is 5.91 Å². The van der Waals surface area contributed by atoms with Crippen molar-refractivity contribution in [3.63, 3.8) is 0 Å². The van der Waals surface area contributed by atoms with Crippen LogP contribution in [0.15, 0.2) is 84.9 Å². The standard InChI is InChI=1S/C24H20N2O4/c25-24(29)20-11-13-21(14-12-20)26-22(27)16-30-23(28)15-8-17-6-9-19(10-7-17)18-4-2-1-3-5-18/h1-15H,16H2,(H2,25,29)(H,26,27)/b15-8+. The van der Waals surface area contributed by atoms with E-state index in [-0.39, 0.29) is 0 Å². The van der Waals surface area contributed by atoms with Crippen molar-refractivity contribution in [1.29, 1.82) is 0 Å². The van der Waals surface area contributed by atoms with E-state index >= 15 is 0 Å². The highest BCUT2D eigenvalue weighted by Crippen LogP contribution is 2.19. The lowest BCUT2D eigenvalue weighted by atomic mass is 10.0. The molecule has 2 amide bonds. The Balaban J connectivity index is 1.47. The van der Waals surface area contributed by atoms with Crippen molar-refractivity contribution < 1.29 is 19.1 Å². The molecular weight excluding hydrogens is 380 g/mol. The van der Waals surface area contributed by atoms with Gasteiger partial charge in [-0.15, -0.1) is 0 Å². The smallest absolute Gasteiger partial charge is 0.331 e. The number of hydrogen-bond acceptors (Lipinski definition) is 4. The van der Waals surface area contributed by atoms with Crippen LogP contribution in [0.3, 0.4) is 0 Å². The maximum Gasteiger partial charge on any atom is 0.331 e. The molecular formula is C24H20N2O4. The van der Waals surface area contributed by atoms with Gasteiger partial charge in [-0.2, -0.15) is 0 Å². The van der Waals surface area contributed by atoms with Gasteiger partial charge in [-0.1, -0.05) is 54.6 Å². The molecule has 0 unspecified atom stereocenters. The van der Waals surface area contributed by atoms with Crippen LogP contribution in [0.25, 0.3) is 17.2 Å². The third kappa shape index (κ3) is 5.90. The second-order valence-corrected chi connectivity index (χ2v) is 6.42. The summed E-state index contributed by atoms with van der Waals surface area (Å²) in [6, 6.07) is 23.8. The van der Waals surface area contributed by atoms with Crippen molar-refractivity contribution in [2.75, 3.05) is 11.9 Å². The van der Waals surface area contributed by atoms with Crippen LogP contribution in [0.2, 0.25) is 0 Å². The lowest BCUT2D eigenvalue weighted by Gasteiger charge is -2.06. The summed E-state index contributed by atoms with van der Waals surface area (Å²) in [6.07, 6.45) is 2.89. The van der Waals surface area contributed by atoms with Crippen LogP contribution in [0.5, 0.6) is 0 Å². The molecule has 0 saturated heterocycles. The van der Waals surface area contributed by atoms with Crippen molar-refractivity contribution >= 4 is 29.5 Å². The van der Waals surface area contributed by atoms with Crippen molar-refractivity contribution in [3.05, 3.63) is 96.1 Å². The van der Waals surface area contributed by atoms with Crippen LogP contribution >= 0.6 is 0 Å². The quantitative estimate of drug-likeness (QED) is 0.467. The SMILES string of the molecule is NC(=O)c1ccc(NC(=O)COC(=O)/C=C/c2ccc(-c3ccccc3)cc2)cc1. The molecule has 0 spiro atoms. The molecule has 0 aromatic heterocycles. The van der Waals surface area contributed by atoms with E-state index in [2.05, 4.69) is 5.32 Å². The molecule has 6 nitrogen and oxygen atoms in total. The van der Waals surface area contributed by atoms with Gasteiger partial charge in [-0.3, -0.25) is 9.59 Å². The summed E-state index contributed by atoms with van der Waals surface area (Å²) in [4.78, 5) is 34.7. The summed E-state index contributed by atoms with van der Waals surface area (Å²) in [5.74, 6) is -1.67. The molecule has 6 heteroatoms. The molecule has 30 heavy (non-hydrogen) atoms. The van der Waals surface area contributed by atoms with E-state index in [1.54, 1.807) is 18.2 Å². The van der Waals surface area contributed by atoms with Crippen LogP contribution < -0.4 is 11.1 Å². The fraction of sp³-hybridized carbons (Fsp3) is 0.0417. The van der Waals surface area contributed by atoms with Crippen LogP contribution in [-0.4, -0.2) is 24.4 Å². The zero-order valence-corrected chi connectivity index (χ0v) is 16.1. The maximum atomic E-state index is 11.9. The highest BCUT2D eigenvalue weighted by atomic mass is 16.5. The monoisotopic (exact) mass is 400 g/mol. The fourth-order valence-electron chi connectivity index (χ4n) is 2.68. The van der Waals surface area contributed by atoms with E-state index in [1.807, 2.05) is 54.6 Å². The van der Waals surface area contributed by atoms with Crippen molar-refractivity contribution in [3.8, 4) is 11.1 Å². The lowest BCUT2D eigenvalue weighted by Crippen LogP contribution is -2.20. The van der Waals surface area contributed by atoms with Crippen LogP contribution in [-0.2, 0) is 14.3 Å². The summed E-state index contributed by atoms with van der Waals surface area (Å²) in [6.45, 7) is -0.423. The third-order valence-corrected chi connectivity index (χ3v) is 4.23. The number of carbonyl (C=O) groups is 3. The first kappa shape index (κ1) is 20.5. The molecule has 3 aromatic carbocycles. The highest BCUT2D eigenvalue weighted by molar-refractivity contribution is 5.96. The zero-order chi connectivity index (χ0) is 21.3. The number of rotatable bonds is 7. The van der Waals surface area contributed by atoms with Crippen molar-refractivity contribution in [1.82, 2.24) is 0 Å². The van der Waals surface area contributed by atoms with Crippen LogP contribution in [0.1, 0.15) is 15.9 Å². The normalized spacial score (nSPS) is 10.5. The number of esters is 1. The second kappa shape index (κ2) is 9.84. The predicted molar refractivity (Wildman–Crippen MR) is 115 cm³/mol. The average Bonchev–Trinajstić information content (AvgIpc) is 2.77. The number of anilines is 1. The molecule has 0 saturated carbocycles. The fourth-order valence-corrected chi connectivity index (χ4v) is 2.68. The number of nitrogens with one attached hydrogen (secondary N) is 1. The van der Waals surface area contributed by atoms with Gasteiger partial charge >= 0.3 is 5.97 Å². The van der Waals surface area contributed by atoms with E-state index in [0.717, 1.165) is 16.7 Å². The molecule has 0 heterocycles. The Morgan fingerprint density at radius 3 is 2.10 bits per heavy atom. The number of primary amides is 1. The Kier molecular flexibility index (Phi) is 6.74. The summed E-state index contributed by atoms with van der Waals surface area (Å²) in [7, 11) is 0. The summed E-state index contributed by atoms with van der Waals surface area (Å²) >= 11 is 0. The lowest BCUT2D eigenvalue weighted by molar-refractivity contribution is -0.142. The molecule has 0 fully saturated rings. The van der Waals surface area contributed by atoms with E-state index in [4.69, 9.17) is 10.5 Å². The minimum absolute atomic E-state index is 0.335. The predicted octanol–water partition coefficient (Wildman–Crippen LogP) is 3.65. The van der Waals surface area contributed by atoms with Gasteiger partial charge in [-0.25, -0.2) is 4.79 Å². The molecule has 0 atom stereocenters. The Morgan fingerprint density at radius 2 is 1.47 bits per heavy atom. The number of hydrogen-bond donors (Lipinski definition) is 2. The summed E-state index contributed by atoms with van der Waals surface area (Å²) < 4.78 is 4.94. The van der Waals surface area contributed by atoms with Crippen molar-refractivity contribution in [2.24, 2.45) is 5.73 Å². The maximum absolute atomic E-state index is 11.9. The Bertz CT molecular complexity index is 1060. The van der Waals surface area contributed by atoms with Gasteiger partial charge in [0.05, 0.1) is 0 Å². The molecule has 0 bridgehead atoms. The van der Waals surface area contributed by atoms with E-state index in [0.29, 0.717) is 11.3 Å². The minimum Gasteiger partial charge on any atom is -0.452 e. The summed E-state index contributed by atoms with van der Waals surface area (Å²) in [5.41, 5.74) is 8.99. The molecule has 150 valence electrons. The van der Waals surface area contributed by atoms with Gasteiger partial charge in [0.1, 0.15) is 0 Å². The highest BCUT2D eigenvalue weighted by Gasteiger charge is 2.07. The molecule has 0 aliphatic rings. The molecule has 0 radical (unpaired) electrons. The van der Waals surface area contributed by atoms with Gasteiger partial charge < -0.3 is 15.8 Å². The molecule has 3 aromatic rings. The Hall–Kier alpha value is -4.19. The molecule has 3 N–H and O–H groups in total. The van der Waals surface area contributed by atoms with Gasteiger partial charge in [0.15, 0.2) is 6.61 Å². The average molecular weight is 400 g/mol. The van der Waals surface area contributed by atoms with Crippen LogP contribution in [0, 0.1) is 0 Å². The number of amides is 2. The van der Waals surface area contributed by atoms with Gasteiger partial charge in [-0.05, 0) is 47.0 Å². The van der Waals surface area contributed by atoms with E-state index < -0.39 is 24.4 Å². The number of ether oxygens (including phenoxy) is 1. The second-order valence-electron chi connectivity index (χ2n) is 6.42. The number of benzene rings is 3. The molecule has 3 rings (SSSR count). The van der Waals surface area contributed by atoms with Gasteiger partial charge in [0.25, 0.3) is 5.91 Å². The Morgan fingerprint density at radius 1 is 0.833 bits per heavy atom. The topological polar surface area (TPSA) is 98.5 Å². The first-order valence-electron chi connectivity index (χ1n) is 9.21. The van der Waals surface area contributed by atoms with E-state index in [1.165, 1.54) is 18.2 Å². The minimum atomic E-state index is -0.624. The summed E-state index contributed by atoms with van der Waals surface area (Å²) in [5, 5.41) is 2.57. The first-order valence-corrected chi connectivity index (χ1v) is 9.21. The van der Waals surface area contributed by atoms with Crippen LogP contribution in [0.4, 0.5) is 5.69 Å². The number of carbonyl (C=O) groups excluding carboxylic acids is 3. The van der Waals surface area contributed by atoms with E-state index in [9.17, 15) is 14.4 Å². The number of nitrogens with two attached hydrogens (primary N) is 1. The largest absolute Gasteiger partial charge is 0.452 e. The Labute approximate surface area is 174 Å². The first-order chi connectivity index (χ1) is 14.5. The molecule has 0 aliphatic carbocycles. The third-order valence-electron chi connectivity index (χ3n) is 4.23. The molecule has 0 aliphatic heterocycles. The van der Waals surface area contributed by atoms with Crippen molar-refractivity contribution in [2.45, 2.75) is 0 Å². The zero-order valence-electron chi connectivity index (χ0n) is 16.1. The van der Waals surface area contributed by atoms with Gasteiger partial charge in [0, 0.05) is 17.3 Å².